The molecular weight excluding hydrogens is 304 g/mol. The Morgan fingerprint density at radius 1 is 1.50 bits per heavy atom. The summed E-state index contributed by atoms with van der Waals surface area (Å²) in [4.78, 5) is 22.9. The maximum atomic E-state index is 11.9. The van der Waals surface area contributed by atoms with Crippen LogP contribution in [0.4, 0.5) is 0 Å². The van der Waals surface area contributed by atoms with Gasteiger partial charge in [0.1, 0.15) is 10.3 Å². The van der Waals surface area contributed by atoms with Crippen molar-refractivity contribution in [1.29, 1.82) is 0 Å². The molecule has 1 rings (SSSR count). The molecule has 0 aliphatic heterocycles. The number of carbonyl (C=O) groups excluding carboxylic acids is 1. The number of nitrogens with one attached hydrogen (secondary N) is 1. The normalized spacial score (nSPS) is 12.9. The number of thiophene rings is 1. The highest BCUT2D eigenvalue weighted by molar-refractivity contribution is 7.91. The van der Waals surface area contributed by atoms with Crippen LogP contribution in [0, 0.1) is 0 Å². The maximum absolute atomic E-state index is 11.9. The third kappa shape index (κ3) is 4.58. The average Bonchev–Trinajstić information content (AvgIpc) is 2.83. The molecule has 0 saturated heterocycles. The molecule has 112 valence electrons. The minimum absolute atomic E-state index is 0.0850. The Bertz CT molecular complexity index is 594. The standard InChI is InChI=1S/C11H16N2O5S2/c1-2-3-4-8(11(15)16)13-10(14)7-5-9(19-6-7)20(12,17)18/h5-6,8H,2-4H2,1H3,(H,13,14)(H,15,16)(H2,12,17,18). The predicted octanol–water partition coefficient (Wildman–Crippen LogP) is 0.769. The molecule has 1 amide bonds. The van der Waals surface area contributed by atoms with Crippen molar-refractivity contribution in [3.8, 4) is 0 Å². The van der Waals surface area contributed by atoms with Gasteiger partial charge in [0.25, 0.3) is 5.91 Å². The summed E-state index contributed by atoms with van der Waals surface area (Å²) in [6, 6.07) is 0.147. The average molecular weight is 320 g/mol. The van der Waals surface area contributed by atoms with E-state index in [1.54, 1.807) is 0 Å². The zero-order valence-corrected chi connectivity index (χ0v) is 12.5. The minimum Gasteiger partial charge on any atom is -0.480 e. The molecule has 0 radical (unpaired) electrons. The molecule has 20 heavy (non-hydrogen) atoms. The van der Waals surface area contributed by atoms with Crippen molar-refractivity contribution < 1.29 is 23.1 Å². The van der Waals surface area contributed by atoms with Crippen LogP contribution < -0.4 is 10.5 Å². The molecule has 1 aromatic rings. The molecule has 0 bridgehead atoms. The number of rotatable bonds is 7. The quantitative estimate of drug-likeness (QED) is 0.684. The highest BCUT2D eigenvalue weighted by Gasteiger charge is 2.21. The van der Waals surface area contributed by atoms with Crippen molar-refractivity contribution in [3.63, 3.8) is 0 Å². The van der Waals surface area contributed by atoms with Crippen molar-refractivity contribution in [2.24, 2.45) is 5.14 Å². The molecular formula is C11H16N2O5S2. The third-order valence-electron chi connectivity index (χ3n) is 2.57. The first-order chi connectivity index (χ1) is 9.25. The number of carbonyl (C=O) groups is 2. The van der Waals surface area contributed by atoms with E-state index >= 15 is 0 Å². The van der Waals surface area contributed by atoms with E-state index in [1.807, 2.05) is 6.92 Å². The Labute approximate surface area is 120 Å². The second-order valence-corrected chi connectivity index (χ2v) is 6.91. The van der Waals surface area contributed by atoms with Crippen molar-refractivity contribution in [2.45, 2.75) is 36.4 Å². The van der Waals surface area contributed by atoms with Gasteiger partial charge in [0.05, 0.1) is 5.56 Å². The Hall–Kier alpha value is -1.45. The Kier molecular flexibility index (Phi) is 5.66. The summed E-state index contributed by atoms with van der Waals surface area (Å²) in [6.45, 7) is 1.91. The van der Waals surface area contributed by atoms with Crippen LogP contribution in [0.15, 0.2) is 15.7 Å². The largest absolute Gasteiger partial charge is 0.480 e. The number of nitrogens with two attached hydrogens (primary N) is 1. The van der Waals surface area contributed by atoms with E-state index in [4.69, 9.17) is 10.2 Å². The predicted molar refractivity (Wildman–Crippen MR) is 74.1 cm³/mol. The van der Waals surface area contributed by atoms with Crippen LogP contribution in [0.2, 0.25) is 0 Å². The molecule has 0 aliphatic rings. The van der Waals surface area contributed by atoms with Gasteiger partial charge >= 0.3 is 5.97 Å². The van der Waals surface area contributed by atoms with Crippen LogP contribution in [0.1, 0.15) is 36.5 Å². The first kappa shape index (κ1) is 16.6. The number of amides is 1. The minimum atomic E-state index is -3.85. The molecule has 0 saturated carbocycles. The monoisotopic (exact) mass is 320 g/mol. The van der Waals surface area contributed by atoms with Gasteiger partial charge in [-0.2, -0.15) is 0 Å². The smallest absolute Gasteiger partial charge is 0.326 e. The van der Waals surface area contributed by atoms with Gasteiger partial charge in [0, 0.05) is 5.38 Å². The number of sulfonamides is 1. The first-order valence-electron chi connectivity index (χ1n) is 5.90. The van der Waals surface area contributed by atoms with Crippen LogP contribution in [0.25, 0.3) is 0 Å². The molecule has 0 aromatic carbocycles. The molecule has 4 N–H and O–H groups in total. The number of hydrogen-bond donors (Lipinski definition) is 3. The summed E-state index contributed by atoms with van der Waals surface area (Å²) in [5.41, 5.74) is 0.0850. The van der Waals surface area contributed by atoms with Crippen molar-refractivity contribution in [3.05, 3.63) is 17.0 Å². The summed E-state index contributed by atoms with van der Waals surface area (Å²) in [5, 5.41) is 17.6. The van der Waals surface area contributed by atoms with Crippen molar-refractivity contribution >= 4 is 33.2 Å². The van der Waals surface area contributed by atoms with Gasteiger partial charge in [-0.3, -0.25) is 4.79 Å². The molecule has 1 unspecified atom stereocenters. The zero-order chi connectivity index (χ0) is 15.3. The van der Waals surface area contributed by atoms with Crippen molar-refractivity contribution in [1.82, 2.24) is 5.32 Å². The fraction of sp³-hybridized carbons (Fsp3) is 0.455. The third-order valence-corrected chi connectivity index (χ3v) is 4.95. The van der Waals surface area contributed by atoms with Gasteiger partial charge in [-0.25, -0.2) is 18.4 Å². The summed E-state index contributed by atoms with van der Waals surface area (Å²) >= 11 is 0.817. The molecule has 1 heterocycles. The lowest BCUT2D eigenvalue weighted by molar-refractivity contribution is -0.139. The zero-order valence-electron chi connectivity index (χ0n) is 10.8. The van der Waals surface area contributed by atoms with Gasteiger partial charge < -0.3 is 10.4 Å². The van der Waals surface area contributed by atoms with Gasteiger partial charge in [0.2, 0.25) is 10.0 Å². The molecule has 0 spiro atoms. The molecule has 9 heteroatoms. The fourth-order valence-electron chi connectivity index (χ4n) is 1.49. The lowest BCUT2D eigenvalue weighted by Gasteiger charge is -2.13. The van der Waals surface area contributed by atoms with Crippen LogP contribution in [0.5, 0.6) is 0 Å². The summed E-state index contributed by atoms with van der Waals surface area (Å²) < 4.78 is 22.1. The summed E-state index contributed by atoms with van der Waals surface area (Å²) in [7, 11) is -3.85. The number of carboxylic acids is 1. The number of aliphatic carboxylic acids is 1. The lowest BCUT2D eigenvalue weighted by atomic mass is 10.1. The second kappa shape index (κ2) is 6.82. The SMILES string of the molecule is CCCCC(NC(=O)c1csc(S(N)(=O)=O)c1)C(=O)O. The maximum Gasteiger partial charge on any atom is 0.326 e. The van der Waals surface area contributed by atoms with Crippen LogP contribution in [0.3, 0.4) is 0 Å². The molecule has 1 atom stereocenters. The number of primary sulfonamides is 1. The number of hydrogen-bond acceptors (Lipinski definition) is 5. The van der Waals surface area contributed by atoms with Crippen LogP contribution in [-0.4, -0.2) is 31.4 Å². The Balaban J connectivity index is 2.79. The summed E-state index contributed by atoms with van der Waals surface area (Å²) in [5.74, 6) is -1.74. The highest BCUT2D eigenvalue weighted by atomic mass is 32.2. The van der Waals surface area contributed by atoms with Crippen molar-refractivity contribution in [2.75, 3.05) is 0 Å². The highest BCUT2D eigenvalue weighted by Crippen LogP contribution is 2.19. The van der Waals surface area contributed by atoms with Crippen LogP contribution in [-0.2, 0) is 14.8 Å². The molecule has 7 nitrogen and oxygen atoms in total. The number of carboxylic acid groups (broad SMARTS) is 1. The van der Waals surface area contributed by atoms with E-state index in [1.165, 1.54) is 5.38 Å². The molecule has 0 fully saturated rings. The topological polar surface area (TPSA) is 127 Å². The van der Waals surface area contributed by atoms with Gasteiger partial charge in [-0.15, -0.1) is 11.3 Å². The first-order valence-corrected chi connectivity index (χ1v) is 8.33. The Morgan fingerprint density at radius 2 is 2.15 bits per heavy atom. The summed E-state index contributed by atoms with van der Waals surface area (Å²) in [6.07, 6.45) is 1.81. The fourth-order valence-corrected chi connectivity index (χ4v) is 3.08. The van der Waals surface area contributed by atoms with E-state index in [0.717, 1.165) is 23.8 Å². The Morgan fingerprint density at radius 3 is 2.60 bits per heavy atom. The van der Waals surface area contributed by atoms with Gasteiger partial charge in [-0.05, 0) is 12.5 Å². The number of unbranched alkanes of at least 4 members (excludes halogenated alkanes) is 1. The van der Waals surface area contributed by atoms with E-state index in [-0.39, 0.29) is 9.77 Å². The second-order valence-electron chi connectivity index (χ2n) is 4.21. The van der Waals surface area contributed by atoms with E-state index in [9.17, 15) is 18.0 Å². The van der Waals surface area contributed by atoms with Gasteiger partial charge in [0.15, 0.2) is 0 Å². The van der Waals surface area contributed by atoms with Gasteiger partial charge in [-0.1, -0.05) is 19.8 Å². The van der Waals surface area contributed by atoms with Crippen LogP contribution >= 0.6 is 11.3 Å². The molecule has 0 aliphatic carbocycles. The lowest BCUT2D eigenvalue weighted by Crippen LogP contribution is -2.40. The van der Waals surface area contributed by atoms with E-state index < -0.39 is 27.9 Å². The van der Waals surface area contributed by atoms with E-state index in [0.29, 0.717) is 12.8 Å². The van der Waals surface area contributed by atoms with E-state index in [2.05, 4.69) is 5.32 Å². The molecule has 1 aromatic heterocycles.